The first-order valence-electron chi connectivity index (χ1n) is 4.68. The van der Waals surface area contributed by atoms with Gasteiger partial charge in [-0.3, -0.25) is 0 Å². The molecule has 3 rings (SSSR count). The highest BCUT2D eigenvalue weighted by Crippen LogP contribution is 2.28. The third-order valence-corrected chi connectivity index (χ3v) is 2.50. The van der Waals surface area contributed by atoms with E-state index in [1.165, 1.54) is 0 Å². The topological polar surface area (TPSA) is 76.6 Å². The highest BCUT2D eigenvalue weighted by molar-refractivity contribution is 5.63. The molecular weight excluding hydrogens is 194 g/mol. The van der Waals surface area contributed by atoms with Gasteiger partial charge in [-0.25, -0.2) is 4.98 Å². The maximum absolute atomic E-state index is 4.99. The average molecular weight is 203 g/mol. The molecule has 0 fully saturated rings. The Kier molecular flexibility index (Phi) is 1.67. The fraction of sp³-hybridized carbons (Fsp3) is 0.333. The molecule has 0 aliphatic heterocycles. The van der Waals surface area contributed by atoms with Crippen molar-refractivity contribution in [2.45, 2.75) is 12.8 Å². The van der Waals surface area contributed by atoms with Gasteiger partial charge in [0.25, 0.3) is 0 Å². The number of rotatable bonds is 1. The van der Waals surface area contributed by atoms with Crippen LogP contribution in [0, 0.1) is 0 Å². The third kappa shape index (κ3) is 1.18. The van der Waals surface area contributed by atoms with Crippen LogP contribution < -0.4 is 4.74 Å². The quantitative estimate of drug-likeness (QED) is 0.724. The van der Waals surface area contributed by atoms with Crippen molar-refractivity contribution in [2.75, 3.05) is 7.11 Å². The van der Waals surface area contributed by atoms with E-state index in [1.807, 2.05) is 0 Å². The summed E-state index contributed by atoms with van der Waals surface area (Å²) in [6.45, 7) is 0. The Morgan fingerprint density at radius 2 is 2.20 bits per heavy atom. The second kappa shape index (κ2) is 3.01. The van der Waals surface area contributed by atoms with Crippen LogP contribution in [0.15, 0.2) is 6.20 Å². The van der Waals surface area contributed by atoms with Gasteiger partial charge in [0, 0.05) is 6.20 Å². The van der Waals surface area contributed by atoms with Gasteiger partial charge >= 0.3 is 6.01 Å². The number of fused-ring (bicyclic) bond motifs is 3. The molecule has 6 heteroatoms. The molecule has 0 saturated heterocycles. The van der Waals surface area contributed by atoms with Crippen molar-refractivity contribution in [3.63, 3.8) is 0 Å². The van der Waals surface area contributed by atoms with Gasteiger partial charge in [-0.2, -0.15) is 20.4 Å². The number of hydrogen-bond acceptors (Lipinski definition) is 5. The molecule has 2 aromatic heterocycles. The summed E-state index contributed by atoms with van der Waals surface area (Å²) in [7, 11) is 1.55. The Hall–Kier alpha value is -1.98. The van der Waals surface area contributed by atoms with E-state index in [0.29, 0.717) is 6.01 Å². The molecule has 2 aromatic rings. The molecule has 0 atom stereocenters. The maximum atomic E-state index is 4.99. The molecule has 1 aliphatic carbocycles. The van der Waals surface area contributed by atoms with Gasteiger partial charge in [0.2, 0.25) is 0 Å². The smallest absolute Gasteiger partial charge is 0.316 e. The first-order valence-corrected chi connectivity index (χ1v) is 4.68. The van der Waals surface area contributed by atoms with Crippen LogP contribution in [0.4, 0.5) is 0 Å². The molecule has 1 aliphatic rings. The second-order valence-electron chi connectivity index (χ2n) is 3.35. The summed E-state index contributed by atoms with van der Waals surface area (Å²) in [6, 6.07) is 0.365. The lowest BCUT2D eigenvalue weighted by molar-refractivity contribution is 0.379. The largest absolute Gasteiger partial charge is 0.467 e. The van der Waals surface area contributed by atoms with Gasteiger partial charge in [-0.15, -0.1) is 0 Å². The zero-order valence-corrected chi connectivity index (χ0v) is 8.19. The number of ether oxygens (including phenoxy) is 1. The van der Waals surface area contributed by atoms with Crippen molar-refractivity contribution in [1.29, 1.82) is 0 Å². The van der Waals surface area contributed by atoms with Crippen molar-refractivity contribution in [3.8, 4) is 17.4 Å². The van der Waals surface area contributed by atoms with Gasteiger partial charge in [0.1, 0.15) is 11.4 Å². The number of nitrogens with one attached hydrogen (secondary N) is 1. The van der Waals surface area contributed by atoms with Gasteiger partial charge in [-0.1, -0.05) is 0 Å². The predicted molar refractivity (Wildman–Crippen MR) is 51.4 cm³/mol. The third-order valence-electron chi connectivity index (χ3n) is 2.50. The highest BCUT2D eigenvalue weighted by Gasteiger charge is 2.22. The van der Waals surface area contributed by atoms with Crippen molar-refractivity contribution >= 4 is 0 Å². The van der Waals surface area contributed by atoms with Gasteiger partial charge < -0.3 is 4.74 Å². The number of aromatic nitrogens is 5. The second-order valence-corrected chi connectivity index (χ2v) is 3.35. The number of nitrogens with zero attached hydrogens (tertiary/aromatic N) is 4. The molecule has 0 aromatic carbocycles. The molecule has 0 radical (unpaired) electrons. The zero-order chi connectivity index (χ0) is 10.3. The van der Waals surface area contributed by atoms with Crippen LogP contribution in [0.5, 0.6) is 6.01 Å². The van der Waals surface area contributed by atoms with Crippen LogP contribution in [0.2, 0.25) is 0 Å². The summed E-state index contributed by atoms with van der Waals surface area (Å²) in [4.78, 5) is 8.37. The first kappa shape index (κ1) is 8.34. The van der Waals surface area contributed by atoms with Crippen LogP contribution in [-0.4, -0.2) is 32.5 Å². The minimum absolute atomic E-state index is 0.365. The normalized spacial score (nSPS) is 13.1. The summed E-state index contributed by atoms with van der Waals surface area (Å²) < 4.78 is 4.99. The lowest BCUT2D eigenvalue weighted by atomic mass is 9.98. The molecule has 2 heterocycles. The van der Waals surface area contributed by atoms with Crippen molar-refractivity contribution in [3.05, 3.63) is 17.5 Å². The molecule has 76 valence electrons. The molecule has 15 heavy (non-hydrogen) atoms. The lowest BCUT2D eigenvalue weighted by Crippen LogP contribution is -2.07. The highest BCUT2D eigenvalue weighted by atomic mass is 16.5. The van der Waals surface area contributed by atoms with E-state index in [-0.39, 0.29) is 0 Å². The Labute approximate surface area is 85.7 Å². The number of aryl methyl sites for hydroxylation is 2. The maximum Gasteiger partial charge on any atom is 0.316 e. The number of hydrogen-bond donors (Lipinski definition) is 1. The van der Waals surface area contributed by atoms with Crippen LogP contribution in [0.3, 0.4) is 0 Å². The molecule has 0 bridgehead atoms. The van der Waals surface area contributed by atoms with E-state index in [0.717, 1.165) is 35.5 Å². The average Bonchev–Trinajstić information content (AvgIpc) is 2.76. The fourth-order valence-electron chi connectivity index (χ4n) is 1.75. The van der Waals surface area contributed by atoms with Crippen LogP contribution >= 0.6 is 0 Å². The SMILES string of the molecule is COc1ncc2c(n1)-c1n[nH]nc1CC2. The first-order chi connectivity index (χ1) is 7.38. The van der Waals surface area contributed by atoms with E-state index in [1.54, 1.807) is 13.3 Å². The Morgan fingerprint density at radius 1 is 1.27 bits per heavy atom. The Balaban J connectivity index is 2.21. The molecule has 1 N–H and O–H groups in total. The predicted octanol–water partition coefficient (Wildman–Crippen LogP) is 0.369. The van der Waals surface area contributed by atoms with Gasteiger partial charge in [0.05, 0.1) is 12.8 Å². The molecule has 0 amide bonds. The molecule has 6 nitrogen and oxygen atoms in total. The number of H-pyrrole nitrogens is 1. The minimum Gasteiger partial charge on any atom is -0.467 e. The molecular formula is C9H9N5O. The van der Waals surface area contributed by atoms with Crippen LogP contribution in [-0.2, 0) is 12.8 Å². The van der Waals surface area contributed by atoms with Crippen LogP contribution in [0.25, 0.3) is 11.4 Å². The van der Waals surface area contributed by atoms with E-state index in [2.05, 4.69) is 25.4 Å². The number of methoxy groups -OCH3 is 1. The van der Waals surface area contributed by atoms with Crippen molar-refractivity contribution < 1.29 is 4.74 Å². The van der Waals surface area contributed by atoms with Gasteiger partial charge in [0.15, 0.2) is 0 Å². The standard InChI is InChI=1S/C9H9N5O/c1-15-9-10-4-5-2-3-6-8(7(5)11-9)13-14-12-6/h4H,2-3H2,1H3,(H,12,13,14). The van der Waals surface area contributed by atoms with Crippen molar-refractivity contribution in [1.82, 2.24) is 25.4 Å². The molecule has 0 saturated carbocycles. The van der Waals surface area contributed by atoms with Gasteiger partial charge in [-0.05, 0) is 18.4 Å². The lowest BCUT2D eigenvalue weighted by Gasteiger charge is -2.12. The van der Waals surface area contributed by atoms with E-state index < -0.39 is 0 Å². The number of aromatic amines is 1. The summed E-state index contributed by atoms with van der Waals surface area (Å²) in [5.41, 5.74) is 3.70. The Bertz CT molecular complexity index is 507. The van der Waals surface area contributed by atoms with Crippen LogP contribution in [0.1, 0.15) is 11.3 Å². The summed E-state index contributed by atoms with van der Waals surface area (Å²) in [6.07, 6.45) is 3.58. The monoisotopic (exact) mass is 203 g/mol. The fourth-order valence-corrected chi connectivity index (χ4v) is 1.75. The minimum atomic E-state index is 0.365. The Morgan fingerprint density at radius 3 is 3.07 bits per heavy atom. The summed E-state index contributed by atoms with van der Waals surface area (Å²) in [5, 5.41) is 10.8. The van der Waals surface area contributed by atoms with E-state index in [9.17, 15) is 0 Å². The van der Waals surface area contributed by atoms with E-state index >= 15 is 0 Å². The summed E-state index contributed by atoms with van der Waals surface area (Å²) >= 11 is 0. The molecule has 0 spiro atoms. The summed E-state index contributed by atoms with van der Waals surface area (Å²) in [5.74, 6) is 0. The zero-order valence-electron chi connectivity index (χ0n) is 8.19. The molecule has 0 unspecified atom stereocenters. The van der Waals surface area contributed by atoms with E-state index in [4.69, 9.17) is 4.74 Å². The van der Waals surface area contributed by atoms with Crippen molar-refractivity contribution in [2.24, 2.45) is 0 Å².